The van der Waals surface area contributed by atoms with Gasteiger partial charge >= 0.3 is 0 Å². The second-order valence-electron chi connectivity index (χ2n) is 9.71. The molecule has 1 aliphatic carbocycles. The van der Waals surface area contributed by atoms with Crippen molar-refractivity contribution in [3.05, 3.63) is 65.4 Å². The van der Waals surface area contributed by atoms with Crippen molar-refractivity contribution in [3.63, 3.8) is 0 Å². The van der Waals surface area contributed by atoms with Crippen molar-refractivity contribution in [2.24, 2.45) is 5.92 Å². The second-order valence-corrected chi connectivity index (χ2v) is 10.5. The lowest BCUT2D eigenvalue weighted by molar-refractivity contribution is 0.489. The highest BCUT2D eigenvalue weighted by Crippen LogP contribution is 2.32. The summed E-state index contributed by atoms with van der Waals surface area (Å²) >= 11 is 1.67. The van der Waals surface area contributed by atoms with Crippen molar-refractivity contribution in [1.82, 2.24) is 40.4 Å². The zero-order valence-electron chi connectivity index (χ0n) is 20.2. The molecular weight excluding hydrogens is 480 g/mol. The van der Waals surface area contributed by atoms with Crippen molar-refractivity contribution in [1.29, 1.82) is 0 Å². The lowest BCUT2D eigenvalue weighted by atomic mass is 10.1. The van der Waals surface area contributed by atoms with E-state index in [0.29, 0.717) is 11.5 Å². The Bertz CT molecular complexity index is 1680. The molecule has 1 aliphatic rings. The summed E-state index contributed by atoms with van der Waals surface area (Å²) in [7, 11) is 0. The Hall–Kier alpha value is -3.95. The van der Waals surface area contributed by atoms with Gasteiger partial charge in [-0.15, -0.1) is 0 Å². The van der Waals surface area contributed by atoms with E-state index in [0.717, 1.165) is 63.5 Å². The van der Waals surface area contributed by atoms with Gasteiger partial charge in [0.1, 0.15) is 11.2 Å². The first kappa shape index (κ1) is 22.3. The van der Waals surface area contributed by atoms with E-state index in [2.05, 4.69) is 64.4 Å². The van der Waals surface area contributed by atoms with Crippen molar-refractivity contribution >= 4 is 33.5 Å². The smallest absolute Gasteiger partial charge is 0.161 e. The Morgan fingerprint density at radius 1 is 0.973 bits per heavy atom. The van der Waals surface area contributed by atoms with Crippen molar-refractivity contribution < 1.29 is 0 Å². The van der Waals surface area contributed by atoms with Crippen LogP contribution in [0.3, 0.4) is 0 Å². The van der Waals surface area contributed by atoms with Gasteiger partial charge in [-0.2, -0.15) is 16.4 Å². The van der Waals surface area contributed by atoms with E-state index in [4.69, 9.17) is 4.98 Å². The van der Waals surface area contributed by atoms with Gasteiger partial charge in [-0.3, -0.25) is 10.1 Å². The number of hydrogen-bond donors (Lipinski definition) is 3. The molecule has 0 unspecified atom stereocenters. The standard InChI is InChI=1S/C28H26N8S/c1-2-4-17(3-1)11-29-12-18-9-20(14-30-13-18)21-10-23-25(35-36-26(23)32-15-21)28-33-24-22(19-6-8-37-16-19)5-7-31-27(24)34-28/h5-10,13-17,29H,1-4,11-12H2,(H,31,33,34)(H,32,35,36). The minimum atomic E-state index is 0.665. The largest absolute Gasteiger partial charge is 0.321 e. The quantitative estimate of drug-likeness (QED) is 0.246. The summed E-state index contributed by atoms with van der Waals surface area (Å²) in [5.74, 6) is 1.48. The van der Waals surface area contributed by atoms with Crippen molar-refractivity contribution in [3.8, 4) is 33.8 Å². The lowest BCUT2D eigenvalue weighted by Gasteiger charge is -2.11. The van der Waals surface area contributed by atoms with Crippen LogP contribution >= 0.6 is 11.3 Å². The van der Waals surface area contributed by atoms with E-state index in [-0.39, 0.29) is 0 Å². The van der Waals surface area contributed by atoms with Crippen LogP contribution in [-0.4, -0.2) is 41.7 Å². The van der Waals surface area contributed by atoms with Crippen LogP contribution < -0.4 is 5.32 Å². The zero-order chi connectivity index (χ0) is 24.6. The van der Waals surface area contributed by atoms with Crippen LogP contribution in [0.1, 0.15) is 31.2 Å². The third-order valence-electron chi connectivity index (χ3n) is 7.22. The molecule has 184 valence electrons. The monoisotopic (exact) mass is 506 g/mol. The van der Waals surface area contributed by atoms with Crippen LogP contribution in [0, 0.1) is 5.92 Å². The number of rotatable bonds is 7. The minimum Gasteiger partial charge on any atom is -0.321 e. The topological polar surface area (TPSA) is 108 Å². The summed E-state index contributed by atoms with van der Waals surface area (Å²) in [6.45, 7) is 1.90. The molecule has 8 nitrogen and oxygen atoms in total. The van der Waals surface area contributed by atoms with Gasteiger partial charge in [0, 0.05) is 48.0 Å². The number of nitrogens with one attached hydrogen (secondary N) is 3. The van der Waals surface area contributed by atoms with E-state index in [1.807, 2.05) is 30.9 Å². The SMILES string of the molecule is c1cc(-c2ccsc2)c2nc(-c3n[nH]c4ncc(-c5cncc(CNCC6CCCC6)c5)cc34)[nH]c2n1. The molecule has 1 saturated carbocycles. The molecule has 7 rings (SSSR count). The van der Waals surface area contributed by atoms with Crippen LogP contribution in [-0.2, 0) is 6.54 Å². The summed E-state index contributed by atoms with van der Waals surface area (Å²) in [5, 5.41) is 16.3. The Balaban J connectivity index is 1.20. The molecule has 6 aromatic heterocycles. The van der Waals surface area contributed by atoms with E-state index < -0.39 is 0 Å². The van der Waals surface area contributed by atoms with Gasteiger partial charge in [-0.25, -0.2) is 15.0 Å². The highest BCUT2D eigenvalue weighted by atomic mass is 32.1. The number of fused-ring (bicyclic) bond motifs is 2. The van der Waals surface area contributed by atoms with Gasteiger partial charge in [-0.05, 0) is 71.5 Å². The predicted octanol–water partition coefficient (Wildman–Crippen LogP) is 5.97. The van der Waals surface area contributed by atoms with Crippen LogP contribution in [0.4, 0.5) is 0 Å². The number of aromatic nitrogens is 7. The highest BCUT2D eigenvalue weighted by molar-refractivity contribution is 7.08. The molecule has 9 heteroatoms. The van der Waals surface area contributed by atoms with Gasteiger partial charge < -0.3 is 10.3 Å². The number of hydrogen-bond acceptors (Lipinski definition) is 7. The van der Waals surface area contributed by atoms with Crippen molar-refractivity contribution in [2.45, 2.75) is 32.2 Å². The van der Waals surface area contributed by atoms with Gasteiger partial charge in [0.05, 0.1) is 5.39 Å². The summed E-state index contributed by atoms with van der Waals surface area (Å²) in [4.78, 5) is 21.9. The average molecular weight is 507 g/mol. The number of H-pyrrole nitrogens is 2. The molecule has 37 heavy (non-hydrogen) atoms. The molecule has 3 N–H and O–H groups in total. The van der Waals surface area contributed by atoms with E-state index in [1.54, 1.807) is 11.3 Å². The molecular formula is C28H26N8S. The van der Waals surface area contributed by atoms with Crippen LogP contribution in [0.15, 0.2) is 59.8 Å². The first-order chi connectivity index (χ1) is 18.3. The molecule has 6 heterocycles. The summed E-state index contributed by atoms with van der Waals surface area (Å²) in [6, 6.07) is 8.39. The maximum atomic E-state index is 4.90. The highest BCUT2D eigenvalue weighted by Gasteiger charge is 2.18. The molecule has 0 bridgehead atoms. The minimum absolute atomic E-state index is 0.665. The van der Waals surface area contributed by atoms with Crippen LogP contribution in [0.5, 0.6) is 0 Å². The van der Waals surface area contributed by atoms with Gasteiger partial charge in [-0.1, -0.05) is 12.8 Å². The fourth-order valence-corrected chi connectivity index (χ4v) is 5.95. The van der Waals surface area contributed by atoms with Gasteiger partial charge in [0.2, 0.25) is 0 Å². The maximum absolute atomic E-state index is 4.90. The van der Waals surface area contributed by atoms with E-state index >= 15 is 0 Å². The van der Waals surface area contributed by atoms with Crippen molar-refractivity contribution in [2.75, 3.05) is 6.54 Å². The summed E-state index contributed by atoms with van der Waals surface area (Å²) in [6.07, 6.45) is 12.9. The van der Waals surface area contributed by atoms with Crippen LogP contribution in [0.25, 0.3) is 56.0 Å². The summed E-state index contributed by atoms with van der Waals surface area (Å²) < 4.78 is 0. The predicted molar refractivity (Wildman–Crippen MR) is 147 cm³/mol. The van der Waals surface area contributed by atoms with Crippen LogP contribution in [0.2, 0.25) is 0 Å². The fraction of sp³-hybridized carbons (Fsp3) is 0.250. The number of aromatic amines is 2. The maximum Gasteiger partial charge on any atom is 0.161 e. The average Bonchev–Trinajstić information content (AvgIpc) is 3.74. The molecule has 0 saturated heterocycles. The first-order valence-electron chi connectivity index (χ1n) is 12.7. The van der Waals surface area contributed by atoms with Gasteiger partial charge in [0.15, 0.2) is 17.1 Å². The molecule has 0 aliphatic heterocycles. The zero-order valence-corrected chi connectivity index (χ0v) is 21.1. The Morgan fingerprint density at radius 3 is 2.78 bits per heavy atom. The molecule has 0 amide bonds. The molecule has 0 radical (unpaired) electrons. The summed E-state index contributed by atoms with van der Waals surface area (Å²) in [5.41, 5.74) is 8.40. The molecule has 0 aromatic carbocycles. The normalized spacial score (nSPS) is 14.3. The number of imidazole rings is 1. The van der Waals surface area contributed by atoms with E-state index in [9.17, 15) is 0 Å². The molecule has 1 fully saturated rings. The Labute approximate surface area is 217 Å². The number of pyridine rings is 3. The Kier molecular flexibility index (Phi) is 5.71. The molecule has 0 atom stereocenters. The number of thiophene rings is 1. The number of nitrogens with zero attached hydrogens (tertiary/aromatic N) is 5. The third kappa shape index (κ3) is 4.30. The third-order valence-corrected chi connectivity index (χ3v) is 7.91. The van der Waals surface area contributed by atoms with Gasteiger partial charge in [0.25, 0.3) is 0 Å². The Morgan fingerprint density at radius 2 is 1.89 bits per heavy atom. The fourth-order valence-electron chi connectivity index (χ4n) is 5.29. The second kappa shape index (κ2) is 9.49. The lowest BCUT2D eigenvalue weighted by Crippen LogP contribution is -2.20. The first-order valence-corrected chi connectivity index (χ1v) is 13.6. The molecule has 0 spiro atoms. The molecule has 6 aromatic rings. The van der Waals surface area contributed by atoms with E-state index in [1.165, 1.54) is 31.2 Å².